The number of benzene rings is 1. The number of aryl methyl sites for hydroxylation is 1. The quantitative estimate of drug-likeness (QED) is 0.413. The van der Waals surface area contributed by atoms with Crippen molar-refractivity contribution in [1.29, 1.82) is 0 Å². The second-order valence-electron chi connectivity index (χ2n) is 7.04. The fraction of sp³-hybridized carbons (Fsp3) is 0.286. The average Bonchev–Trinajstić information content (AvgIpc) is 3.46. The van der Waals surface area contributed by atoms with Crippen molar-refractivity contribution < 1.29 is 18.7 Å². The van der Waals surface area contributed by atoms with Crippen LogP contribution in [-0.4, -0.2) is 44.6 Å². The zero-order chi connectivity index (χ0) is 22.7. The summed E-state index contributed by atoms with van der Waals surface area (Å²) in [5.41, 5.74) is 3.72. The summed E-state index contributed by atoms with van der Waals surface area (Å²) in [5, 5.41) is 18.0. The van der Waals surface area contributed by atoms with Crippen LogP contribution < -0.4 is 10.6 Å². The van der Waals surface area contributed by atoms with Gasteiger partial charge >= 0.3 is 12.0 Å². The lowest BCUT2D eigenvalue weighted by Crippen LogP contribution is -2.46. The first-order valence-electron chi connectivity index (χ1n) is 9.98. The first kappa shape index (κ1) is 21.6. The summed E-state index contributed by atoms with van der Waals surface area (Å²) in [4.78, 5) is 25.1. The number of amides is 2. The summed E-state index contributed by atoms with van der Waals surface area (Å²) in [6, 6.07) is 8.08. The van der Waals surface area contributed by atoms with Gasteiger partial charge in [0.25, 0.3) is 0 Å². The van der Waals surface area contributed by atoms with Crippen molar-refractivity contribution >= 4 is 23.8 Å². The van der Waals surface area contributed by atoms with Gasteiger partial charge in [-0.1, -0.05) is 23.9 Å². The Hall–Kier alpha value is -3.60. The number of ether oxygens (including phenoxy) is 1. The van der Waals surface area contributed by atoms with Crippen molar-refractivity contribution in [1.82, 2.24) is 30.8 Å². The van der Waals surface area contributed by atoms with E-state index in [1.807, 2.05) is 32.0 Å². The maximum Gasteiger partial charge on any atom is 0.338 e. The molecule has 2 amide bonds. The smallest absolute Gasteiger partial charge is 0.338 e. The number of carbonyl (C=O) groups excluding carboxylic acids is 2. The number of hydrogen-bond acceptors (Lipinski definition) is 8. The van der Waals surface area contributed by atoms with Crippen LogP contribution in [0, 0.1) is 13.8 Å². The maximum absolute atomic E-state index is 12.8. The molecule has 1 atom stereocenters. The monoisotopic (exact) mass is 454 g/mol. The second kappa shape index (κ2) is 9.27. The highest BCUT2D eigenvalue weighted by atomic mass is 32.2. The molecule has 1 aliphatic rings. The van der Waals surface area contributed by atoms with Gasteiger partial charge in [0, 0.05) is 11.4 Å². The Morgan fingerprint density at radius 3 is 2.88 bits per heavy atom. The SMILES string of the molecule is CCOC(=O)C1=C(CSc2nnnn2-c2cccc(C)c2C)NC(=O)N[C@H]1c1ccco1. The summed E-state index contributed by atoms with van der Waals surface area (Å²) in [6.07, 6.45) is 1.49. The van der Waals surface area contributed by atoms with Gasteiger partial charge in [-0.15, -0.1) is 5.10 Å². The molecule has 166 valence electrons. The molecule has 1 aliphatic heterocycles. The molecular weight excluding hydrogens is 432 g/mol. The summed E-state index contributed by atoms with van der Waals surface area (Å²) < 4.78 is 12.3. The van der Waals surface area contributed by atoms with Gasteiger partial charge < -0.3 is 19.8 Å². The fourth-order valence-corrected chi connectivity index (χ4v) is 4.22. The van der Waals surface area contributed by atoms with Crippen LogP contribution in [0.25, 0.3) is 5.69 Å². The number of nitrogens with zero attached hydrogens (tertiary/aromatic N) is 4. The van der Waals surface area contributed by atoms with Crippen molar-refractivity contribution in [2.45, 2.75) is 32.0 Å². The van der Waals surface area contributed by atoms with E-state index in [4.69, 9.17) is 9.15 Å². The minimum atomic E-state index is -0.761. The first-order valence-corrected chi connectivity index (χ1v) is 11.0. The number of rotatable bonds is 7. The van der Waals surface area contributed by atoms with Crippen LogP contribution in [0.4, 0.5) is 4.79 Å². The zero-order valence-electron chi connectivity index (χ0n) is 17.8. The maximum atomic E-state index is 12.8. The molecule has 0 aliphatic carbocycles. The summed E-state index contributed by atoms with van der Waals surface area (Å²) in [6.45, 7) is 5.95. The van der Waals surface area contributed by atoms with E-state index >= 15 is 0 Å². The predicted molar refractivity (Wildman–Crippen MR) is 116 cm³/mol. The van der Waals surface area contributed by atoms with Crippen LogP contribution in [0.3, 0.4) is 0 Å². The van der Waals surface area contributed by atoms with E-state index in [1.54, 1.807) is 23.7 Å². The molecule has 0 unspecified atom stereocenters. The van der Waals surface area contributed by atoms with E-state index < -0.39 is 18.0 Å². The van der Waals surface area contributed by atoms with E-state index in [9.17, 15) is 9.59 Å². The van der Waals surface area contributed by atoms with Crippen LogP contribution in [0.5, 0.6) is 0 Å². The molecule has 3 heterocycles. The van der Waals surface area contributed by atoms with Crippen molar-refractivity contribution in [2.24, 2.45) is 0 Å². The highest BCUT2D eigenvalue weighted by Gasteiger charge is 2.35. The number of esters is 1. The highest BCUT2D eigenvalue weighted by Crippen LogP contribution is 2.31. The molecule has 3 aromatic rings. The van der Waals surface area contributed by atoms with Crippen molar-refractivity contribution in [3.05, 3.63) is 64.8 Å². The Labute approximate surface area is 188 Å². The zero-order valence-corrected chi connectivity index (χ0v) is 18.6. The predicted octanol–water partition coefficient (Wildman–Crippen LogP) is 2.84. The topological polar surface area (TPSA) is 124 Å². The van der Waals surface area contributed by atoms with Crippen LogP contribution in [0.1, 0.15) is 29.9 Å². The molecule has 32 heavy (non-hydrogen) atoms. The normalized spacial score (nSPS) is 16.0. The lowest BCUT2D eigenvalue weighted by molar-refractivity contribution is -0.139. The molecule has 0 spiro atoms. The van der Waals surface area contributed by atoms with Crippen LogP contribution in [-0.2, 0) is 9.53 Å². The molecule has 2 aromatic heterocycles. The molecule has 11 heteroatoms. The molecule has 10 nitrogen and oxygen atoms in total. The van der Waals surface area contributed by atoms with E-state index in [0.717, 1.165) is 16.8 Å². The Morgan fingerprint density at radius 1 is 1.28 bits per heavy atom. The van der Waals surface area contributed by atoms with Gasteiger partial charge in [-0.3, -0.25) is 0 Å². The number of tetrazole rings is 1. The van der Waals surface area contributed by atoms with Crippen molar-refractivity contribution in [2.75, 3.05) is 12.4 Å². The molecule has 0 fully saturated rings. The molecular formula is C21H22N6O4S. The number of aromatic nitrogens is 4. The van der Waals surface area contributed by atoms with E-state index in [1.165, 1.54) is 18.0 Å². The third-order valence-corrected chi connectivity index (χ3v) is 6.01. The molecule has 0 saturated heterocycles. The Balaban J connectivity index is 1.67. The van der Waals surface area contributed by atoms with Gasteiger partial charge in [0.1, 0.15) is 11.8 Å². The van der Waals surface area contributed by atoms with Gasteiger partial charge in [0.2, 0.25) is 5.16 Å². The van der Waals surface area contributed by atoms with Gasteiger partial charge in [0.15, 0.2) is 0 Å². The van der Waals surface area contributed by atoms with Crippen LogP contribution >= 0.6 is 11.8 Å². The minimum absolute atomic E-state index is 0.201. The average molecular weight is 455 g/mol. The minimum Gasteiger partial charge on any atom is -0.467 e. The Bertz CT molecular complexity index is 1170. The lowest BCUT2D eigenvalue weighted by Gasteiger charge is -2.27. The van der Waals surface area contributed by atoms with Gasteiger partial charge in [-0.25, -0.2) is 9.59 Å². The largest absolute Gasteiger partial charge is 0.467 e. The summed E-state index contributed by atoms with van der Waals surface area (Å²) in [7, 11) is 0. The molecule has 0 saturated carbocycles. The number of furan rings is 1. The number of nitrogens with one attached hydrogen (secondary N) is 2. The van der Waals surface area contributed by atoms with Crippen molar-refractivity contribution in [3.8, 4) is 5.69 Å². The van der Waals surface area contributed by atoms with Crippen LogP contribution in [0.2, 0.25) is 0 Å². The van der Waals surface area contributed by atoms with E-state index in [-0.39, 0.29) is 17.9 Å². The molecule has 0 bridgehead atoms. The Morgan fingerprint density at radius 2 is 2.12 bits per heavy atom. The molecule has 1 aromatic carbocycles. The summed E-state index contributed by atoms with van der Waals surface area (Å²) >= 11 is 1.30. The first-order chi connectivity index (χ1) is 15.5. The standard InChI is InChI=1S/C21H22N6O4S/c1-4-30-19(28)17-14(22-20(29)23-18(17)16-9-6-10-31-16)11-32-21-24-25-26-27(21)15-8-5-7-12(2)13(15)3/h5-10,18H,4,11H2,1-3H3,(H2,22,23,29)/t18-/m0/s1. The van der Waals surface area contributed by atoms with Crippen LogP contribution in [0.15, 0.2) is 57.4 Å². The molecule has 0 radical (unpaired) electrons. The van der Waals surface area contributed by atoms with Crippen molar-refractivity contribution in [3.63, 3.8) is 0 Å². The molecule has 4 rings (SSSR count). The van der Waals surface area contributed by atoms with Gasteiger partial charge in [0.05, 0.1) is 24.1 Å². The van der Waals surface area contributed by atoms with Gasteiger partial charge in [-0.05, 0) is 60.5 Å². The van der Waals surface area contributed by atoms with E-state index in [0.29, 0.717) is 16.6 Å². The number of hydrogen-bond donors (Lipinski definition) is 2. The third kappa shape index (κ3) is 4.24. The molecule has 2 N–H and O–H groups in total. The number of urea groups is 1. The fourth-order valence-electron chi connectivity index (χ4n) is 3.37. The highest BCUT2D eigenvalue weighted by molar-refractivity contribution is 7.99. The van der Waals surface area contributed by atoms with E-state index in [2.05, 4.69) is 26.2 Å². The summed E-state index contributed by atoms with van der Waals surface area (Å²) in [5.74, 6) is 0.140. The van der Waals surface area contributed by atoms with Gasteiger partial charge in [-0.2, -0.15) is 4.68 Å². The third-order valence-electron chi connectivity index (χ3n) is 5.07. The lowest BCUT2D eigenvalue weighted by atomic mass is 10.0. The number of carbonyl (C=O) groups is 2. The second-order valence-corrected chi connectivity index (χ2v) is 7.98. The Kier molecular flexibility index (Phi) is 6.26. The number of thioether (sulfide) groups is 1.